The first-order valence-corrected chi connectivity index (χ1v) is 6.53. The highest BCUT2D eigenvalue weighted by Gasteiger charge is 2.38. The van der Waals surface area contributed by atoms with Crippen LogP contribution in [0.2, 0.25) is 0 Å². The average molecular weight is 307 g/mol. The van der Waals surface area contributed by atoms with Gasteiger partial charge in [-0.25, -0.2) is 0 Å². The van der Waals surface area contributed by atoms with Crippen LogP contribution in [-0.4, -0.2) is 38.2 Å². The van der Waals surface area contributed by atoms with Crippen LogP contribution in [0.4, 0.5) is 13.2 Å². The largest absolute Gasteiger partial charge is 0.493 e. The molecule has 4 nitrogen and oxygen atoms in total. The number of hydrogen-bond donors (Lipinski definition) is 2. The Bertz CT molecular complexity index is 452. The van der Waals surface area contributed by atoms with Gasteiger partial charge in [0.2, 0.25) is 0 Å². The molecule has 0 aliphatic rings. The number of aliphatic hydroxyl groups excluding tert-OH is 1. The van der Waals surface area contributed by atoms with E-state index in [1.807, 2.05) is 6.92 Å². The van der Waals surface area contributed by atoms with Crippen LogP contribution in [0.3, 0.4) is 0 Å². The Morgan fingerprint density at radius 3 is 2.29 bits per heavy atom. The van der Waals surface area contributed by atoms with Crippen molar-refractivity contribution in [3.8, 4) is 11.5 Å². The Kier molecular flexibility index (Phi) is 6.29. The normalized spacial score (nSPS) is 14.6. The van der Waals surface area contributed by atoms with Gasteiger partial charge in [0.1, 0.15) is 0 Å². The maximum absolute atomic E-state index is 12.3. The zero-order valence-corrected chi connectivity index (χ0v) is 12.2. The van der Waals surface area contributed by atoms with E-state index in [1.54, 1.807) is 18.2 Å². The van der Waals surface area contributed by atoms with Gasteiger partial charge in [-0.1, -0.05) is 13.0 Å². The topological polar surface area (TPSA) is 50.7 Å². The summed E-state index contributed by atoms with van der Waals surface area (Å²) >= 11 is 0. The number of ether oxygens (including phenoxy) is 2. The summed E-state index contributed by atoms with van der Waals surface area (Å²) in [6, 6.07) is 4.84. The third kappa shape index (κ3) is 4.78. The molecule has 0 bridgehead atoms. The highest BCUT2D eigenvalue weighted by Crippen LogP contribution is 2.31. The molecule has 1 rings (SSSR count). The van der Waals surface area contributed by atoms with Crippen LogP contribution < -0.4 is 14.8 Å². The molecule has 0 aliphatic heterocycles. The third-order valence-corrected chi connectivity index (χ3v) is 3.15. The molecule has 0 radical (unpaired) electrons. The molecule has 2 atom stereocenters. The van der Waals surface area contributed by atoms with Crippen molar-refractivity contribution in [3.63, 3.8) is 0 Å². The Morgan fingerprint density at radius 2 is 1.81 bits per heavy atom. The summed E-state index contributed by atoms with van der Waals surface area (Å²) in [4.78, 5) is 0. The van der Waals surface area contributed by atoms with Gasteiger partial charge in [0.25, 0.3) is 0 Å². The molecular weight excluding hydrogens is 287 g/mol. The molecule has 0 aromatic heterocycles. The number of halogens is 3. The predicted molar refractivity (Wildman–Crippen MR) is 72.6 cm³/mol. The second-order valence-corrected chi connectivity index (χ2v) is 4.54. The highest BCUT2D eigenvalue weighted by atomic mass is 19.4. The molecule has 0 saturated carbocycles. The number of hydrogen-bond acceptors (Lipinski definition) is 4. The maximum Gasteiger partial charge on any atom is 0.415 e. The van der Waals surface area contributed by atoms with E-state index in [0.717, 1.165) is 5.56 Å². The van der Waals surface area contributed by atoms with Crippen LogP contribution in [0.1, 0.15) is 24.9 Å². The van der Waals surface area contributed by atoms with Gasteiger partial charge >= 0.3 is 6.18 Å². The number of aliphatic hydroxyl groups is 1. The maximum atomic E-state index is 12.3. The van der Waals surface area contributed by atoms with E-state index in [2.05, 4.69) is 5.32 Å². The standard InChI is InChI=1S/C14H20F3NO3/c1-4-10(18-8-13(19)14(15,16)17)9-5-6-11(20-2)12(7-9)21-3/h5-7,10,13,18-19H,4,8H2,1-3H3. The summed E-state index contributed by atoms with van der Waals surface area (Å²) in [5, 5.41) is 11.7. The fourth-order valence-corrected chi connectivity index (χ4v) is 1.94. The lowest BCUT2D eigenvalue weighted by atomic mass is 10.0. The monoisotopic (exact) mass is 307 g/mol. The molecule has 7 heteroatoms. The van der Waals surface area contributed by atoms with E-state index in [0.29, 0.717) is 17.9 Å². The van der Waals surface area contributed by atoms with Crippen LogP contribution >= 0.6 is 0 Å². The molecule has 120 valence electrons. The third-order valence-electron chi connectivity index (χ3n) is 3.15. The minimum atomic E-state index is -4.62. The number of nitrogens with one attached hydrogen (secondary N) is 1. The van der Waals surface area contributed by atoms with Crippen molar-refractivity contribution in [3.05, 3.63) is 23.8 Å². The minimum absolute atomic E-state index is 0.318. The number of alkyl halides is 3. The van der Waals surface area contributed by atoms with Crippen LogP contribution in [-0.2, 0) is 0 Å². The van der Waals surface area contributed by atoms with Gasteiger partial charge in [-0.15, -0.1) is 0 Å². The quantitative estimate of drug-likeness (QED) is 0.813. The zero-order chi connectivity index (χ0) is 16.0. The molecule has 0 aliphatic carbocycles. The van der Waals surface area contributed by atoms with E-state index in [9.17, 15) is 13.2 Å². The summed E-state index contributed by atoms with van der Waals surface area (Å²) in [5.74, 6) is 1.05. The predicted octanol–water partition coefficient (Wildman–Crippen LogP) is 2.67. The summed E-state index contributed by atoms with van der Waals surface area (Å²) in [6.07, 6.45) is -6.44. The van der Waals surface area contributed by atoms with Gasteiger partial charge < -0.3 is 19.9 Å². The SMILES string of the molecule is CCC(NCC(O)C(F)(F)F)c1ccc(OC)c(OC)c1. The minimum Gasteiger partial charge on any atom is -0.493 e. The second kappa shape index (κ2) is 7.51. The van der Waals surface area contributed by atoms with Gasteiger partial charge in [0, 0.05) is 12.6 Å². The van der Waals surface area contributed by atoms with Crippen molar-refractivity contribution in [1.29, 1.82) is 0 Å². The summed E-state index contributed by atoms with van der Waals surface area (Å²) in [6.45, 7) is 1.28. The molecule has 0 heterocycles. The van der Waals surface area contributed by atoms with Gasteiger partial charge in [0.05, 0.1) is 14.2 Å². The summed E-state index contributed by atoms with van der Waals surface area (Å²) < 4.78 is 47.2. The molecule has 2 unspecified atom stereocenters. The molecule has 2 N–H and O–H groups in total. The lowest BCUT2D eigenvalue weighted by Gasteiger charge is -2.22. The number of rotatable bonds is 7. The summed E-state index contributed by atoms with van der Waals surface area (Å²) in [7, 11) is 3.00. The van der Waals surface area contributed by atoms with E-state index < -0.39 is 18.8 Å². The van der Waals surface area contributed by atoms with Crippen molar-refractivity contribution in [2.45, 2.75) is 31.7 Å². The number of benzene rings is 1. The van der Waals surface area contributed by atoms with E-state index in [-0.39, 0.29) is 6.04 Å². The summed E-state index contributed by atoms with van der Waals surface area (Å²) in [5.41, 5.74) is 0.768. The van der Waals surface area contributed by atoms with Gasteiger partial charge in [-0.3, -0.25) is 0 Å². The van der Waals surface area contributed by atoms with Crippen LogP contribution in [0.15, 0.2) is 18.2 Å². The average Bonchev–Trinajstić information content (AvgIpc) is 2.46. The van der Waals surface area contributed by atoms with E-state index in [1.165, 1.54) is 14.2 Å². The lowest BCUT2D eigenvalue weighted by Crippen LogP contribution is -2.39. The first-order valence-electron chi connectivity index (χ1n) is 6.53. The Morgan fingerprint density at radius 1 is 1.19 bits per heavy atom. The second-order valence-electron chi connectivity index (χ2n) is 4.54. The zero-order valence-electron chi connectivity index (χ0n) is 12.2. The molecule has 0 saturated heterocycles. The fraction of sp³-hybridized carbons (Fsp3) is 0.571. The number of methoxy groups -OCH3 is 2. The van der Waals surface area contributed by atoms with Crippen molar-refractivity contribution in [2.75, 3.05) is 20.8 Å². The van der Waals surface area contributed by atoms with Gasteiger partial charge in [0.15, 0.2) is 17.6 Å². The van der Waals surface area contributed by atoms with Crippen molar-refractivity contribution in [1.82, 2.24) is 5.32 Å². The van der Waals surface area contributed by atoms with Crippen LogP contribution in [0, 0.1) is 0 Å². The van der Waals surface area contributed by atoms with Gasteiger partial charge in [-0.2, -0.15) is 13.2 Å². The van der Waals surface area contributed by atoms with Crippen LogP contribution in [0.5, 0.6) is 11.5 Å². The Balaban J connectivity index is 2.81. The van der Waals surface area contributed by atoms with Crippen molar-refractivity contribution in [2.24, 2.45) is 0 Å². The lowest BCUT2D eigenvalue weighted by molar-refractivity contribution is -0.202. The Labute approximate surface area is 121 Å². The van der Waals surface area contributed by atoms with E-state index >= 15 is 0 Å². The molecule has 0 amide bonds. The van der Waals surface area contributed by atoms with Gasteiger partial charge in [-0.05, 0) is 24.1 Å². The fourth-order valence-electron chi connectivity index (χ4n) is 1.94. The van der Waals surface area contributed by atoms with Crippen molar-refractivity contribution < 1.29 is 27.8 Å². The smallest absolute Gasteiger partial charge is 0.415 e. The Hall–Kier alpha value is -1.47. The first kappa shape index (κ1) is 17.6. The van der Waals surface area contributed by atoms with Crippen molar-refractivity contribution >= 4 is 0 Å². The molecule has 0 spiro atoms. The molecule has 1 aromatic carbocycles. The van der Waals surface area contributed by atoms with Crippen LogP contribution in [0.25, 0.3) is 0 Å². The molecule has 1 aromatic rings. The van der Waals surface area contributed by atoms with E-state index in [4.69, 9.17) is 14.6 Å². The highest BCUT2D eigenvalue weighted by molar-refractivity contribution is 5.43. The molecular formula is C14H20F3NO3. The first-order chi connectivity index (χ1) is 9.83. The molecule has 21 heavy (non-hydrogen) atoms. The molecule has 0 fully saturated rings.